The summed E-state index contributed by atoms with van der Waals surface area (Å²) in [6.45, 7) is 1.19. The van der Waals surface area contributed by atoms with Gasteiger partial charge in [0.2, 0.25) is 0 Å². The summed E-state index contributed by atoms with van der Waals surface area (Å²) in [5.74, 6) is 0. The SMILES string of the molecule is CN1CCCCC1c1ccncn1. The number of hydrogen-bond donors (Lipinski definition) is 0. The molecule has 1 saturated heterocycles. The van der Waals surface area contributed by atoms with E-state index in [0.717, 1.165) is 5.69 Å². The number of piperidine rings is 1. The Bertz CT molecular complexity index is 260. The van der Waals surface area contributed by atoms with Crippen molar-refractivity contribution in [3.05, 3.63) is 24.3 Å². The first-order chi connectivity index (χ1) is 6.38. The Morgan fingerprint density at radius 2 is 2.38 bits per heavy atom. The van der Waals surface area contributed by atoms with Gasteiger partial charge in [0.15, 0.2) is 0 Å². The van der Waals surface area contributed by atoms with Crippen LogP contribution in [0.5, 0.6) is 0 Å². The first-order valence-electron chi connectivity index (χ1n) is 4.84. The van der Waals surface area contributed by atoms with Crippen molar-refractivity contribution in [3.63, 3.8) is 0 Å². The van der Waals surface area contributed by atoms with Crippen LogP contribution in [0, 0.1) is 0 Å². The standard InChI is InChI=1S/C10H15N3/c1-13-7-3-2-4-10(13)9-5-6-11-8-12-9/h5-6,8,10H,2-4,7H2,1H3. The number of rotatable bonds is 1. The van der Waals surface area contributed by atoms with Crippen LogP contribution >= 0.6 is 0 Å². The lowest BCUT2D eigenvalue weighted by Gasteiger charge is -2.31. The maximum Gasteiger partial charge on any atom is 0.115 e. The first kappa shape index (κ1) is 8.63. The highest BCUT2D eigenvalue weighted by Gasteiger charge is 2.20. The van der Waals surface area contributed by atoms with E-state index in [0.29, 0.717) is 6.04 Å². The highest BCUT2D eigenvalue weighted by molar-refractivity contribution is 5.05. The van der Waals surface area contributed by atoms with Crippen LogP contribution in [0.15, 0.2) is 18.6 Å². The van der Waals surface area contributed by atoms with Crippen molar-refractivity contribution in [2.45, 2.75) is 25.3 Å². The summed E-state index contributed by atoms with van der Waals surface area (Å²) < 4.78 is 0. The van der Waals surface area contributed by atoms with E-state index in [9.17, 15) is 0 Å². The molecule has 0 spiro atoms. The summed E-state index contributed by atoms with van der Waals surface area (Å²) in [7, 11) is 2.17. The second-order valence-electron chi connectivity index (χ2n) is 3.63. The van der Waals surface area contributed by atoms with Crippen LogP contribution in [0.25, 0.3) is 0 Å². The molecule has 13 heavy (non-hydrogen) atoms. The zero-order valence-corrected chi connectivity index (χ0v) is 7.98. The fourth-order valence-electron chi connectivity index (χ4n) is 1.95. The Morgan fingerprint density at radius 3 is 3.08 bits per heavy atom. The minimum Gasteiger partial charge on any atom is -0.298 e. The number of hydrogen-bond acceptors (Lipinski definition) is 3. The fourth-order valence-corrected chi connectivity index (χ4v) is 1.95. The van der Waals surface area contributed by atoms with Crippen molar-refractivity contribution in [1.29, 1.82) is 0 Å². The zero-order valence-electron chi connectivity index (χ0n) is 7.98. The molecule has 1 aromatic heterocycles. The van der Waals surface area contributed by atoms with Gasteiger partial charge < -0.3 is 0 Å². The smallest absolute Gasteiger partial charge is 0.115 e. The van der Waals surface area contributed by atoms with Gasteiger partial charge in [-0.05, 0) is 32.5 Å². The lowest BCUT2D eigenvalue weighted by atomic mass is 10.0. The van der Waals surface area contributed by atoms with Gasteiger partial charge in [-0.15, -0.1) is 0 Å². The summed E-state index contributed by atoms with van der Waals surface area (Å²) in [6, 6.07) is 2.53. The summed E-state index contributed by atoms with van der Waals surface area (Å²) >= 11 is 0. The van der Waals surface area contributed by atoms with Crippen molar-refractivity contribution in [2.24, 2.45) is 0 Å². The fraction of sp³-hybridized carbons (Fsp3) is 0.600. The van der Waals surface area contributed by atoms with Gasteiger partial charge >= 0.3 is 0 Å². The summed E-state index contributed by atoms with van der Waals surface area (Å²) in [5, 5.41) is 0. The van der Waals surface area contributed by atoms with E-state index in [2.05, 4.69) is 21.9 Å². The molecule has 2 rings (SSSR count). The Hall–Kier alpha value is -0.960. The summed E-state index contributed by atoms with van der Waals surface area (Å²) in [4.78, 5) is 10.6. The first-order valence-corrected chi connectivity index (χ1v) is 4.84. The van der Waals surface area contributed by atoms with Crippen LogP contribution in [0.1, 0.15) is 31.0 Å². The van der Waals surface area contributed by atoms with Crippen molar-refractivity contribution < 1.29 is 0 Å². The Labute approximate surface area is 78.8 Å². The lowest BCUT2D eigenvalue weighted by molar-refractivity contribution is 0.183. The quantitative estimate of drug-likeness (QED) is 0.653. The third kappa shape index (κ3) is 1.86. The van der Waals surface area contributed by atoms with Gasteiger partial charge in [-0.3, -0.25) is 4.90 Å². The lowest BCUT2D eigenvalue weighted by Crippen LogP contribution is -2.30. The average molecular weight is 177 g/mol. The van der Waals surface area contributed by atoms with Gasteiger partial charge in [0.1, 0.15) is 6.33 Å². The topological polar surface area (TPSA) is 29.0 Å². The van der Waals surface area contributed by atoms with E-state index in [1.807, 2.05) is 12.3 Å². The maximum absolute atomic E-state index is 4.30. The van der Waals surface area contributed by atoms with Gasteiger partial charge in [0, 0.05) is 6.20 Å². The molecule has 0 radical (unpaired) electrons. The van der Waals surface area contributed by atoms with Crippen LogP contribution in [0.4, 0.5) is 0 Å². The molecule has 1 aliphatic heterocycles. The molecule has 0 saturated carbocycles. The molecule has 1 fully saturated rings. The van der Waals surface area contributed by atoms with Crippen molar-refractivity contribution in [2.75, 3.05) is 13.6 Å². The molecule has 3 nitrogen and oxygen atoms in total. The van der Waals surface area contributed by atoms with Gasteiger partial charge in [-0.2, -0.15) is 0 Å². The molecular weight excluding hydrogens is 162 g/mol. The van der Waals surface area contributed by atoms with Crippen LogP contribution < -0.4 is 0 Å². The minimum atomic E-state index is 0.511. The molecule has 0 N–H and O–H groups in total. The highest BCUT2D eigenvalue weighted by atomic mass is 15.1. The zero-order chi connectivity index (χ0) is 9.10. The molecule has 70 valence electrons. The maximum atomic E-state index is 4.30. The van der Waals surface area contributed by atoms with Gasteiger partial charge in [-0.25, -0.2) is 9.97 Å². The molecule has 2 heterocycles. The van der Waals surface area contributed by atoms with Gasteiger partial charge in [0.05, 0.1) is 11.7 Å². The minimum absolute atomic E-state index is 0.511. The Balaban J connectivity index is 2.15. The normalized spacial score (nSPS) is 24.5. The number of aromatic nitrogens is 2. The molecule has 1 unspecified atom stereocenters. The van der Waals surface area contributed by atoms with E-state index < -0.39 is 0 Å². The van der Waals surface area contributed by atoms with E-state index in [1.165, 1.54) is 25.8 Å². The van der Waals surface area contributed by atoms with Crippen LogP contribution in [0.3, 0.4) is 0 Å². The largest absolute Gasteiger partial charge is 0.298 e. The average Bonchev–Trinajstić information content (AvgIpc) is 2.20. The van der Waals surface area contributed by atoms with Crippen molar-refractivity contribution in [3.8, 4) is 0 Å². The second-order valence-corrected chi connectivity index (χ2v) is 3.63. The summed E-state index contributed by atoms with van der Waals surface area (Å²) in [6.07, 6.45) is 7.33. The second kappa shape index (κ2) is 3.83. The molecular formula is C10H15N3. The molecule has 1 atom stereocenters. The van der Waals surface area contributed by atoms with Gasteiger partial charge in [0.25, 0.3) is 0 Å². The van der Waals surface area contributed by atoms with Crippen LogP contribution in [0.2, 0.25) is 0 Å². The predicted octanol–water partition coefficient (Wildman–Crippen LogP) is 1.63. The monoisotopic (exact) mass is 177 g/mol. The highest BCUT2D eigenvalue weighted by Crippen LogP contribution is 2.27. The molecule has 1 aromatic rings. The predicted molar refractivity (Wildman–Crippen MR) is 51.3 cm³/mol. The van der Waals surface area contributed by atoms with E-state index in [1.54, 1.807) is 6.33 Å². The summed E-state index contributed by atoms with van der Waals surface area (Å²) in [5.41, 5.74) is 1.16. The molecule has 1 aliphatic rings. The molecule has 0 bridgehead atoms. The van der Waals surface area contributed by atoms with E-state index >= 15 is 0 Å². The molecule has 0 aromatic carbocycles. The Kier molecular flexibility index (Phi) is 2.54. The molecule has 0 amide bonds. The van der Waals surface area contributed by atoms with E-state index in [-0.39, 0.29) is 0 Å². The molecule has 0 aliphatic carbocycles. The van der Waals surface area contributed by atoms with Crippen molar-refractivity contribution >= 4 is 0 Å². The Morgan fingerprint density at radius 1 is 1.46 bits per heavy atom. The van der Waals surface area contributed by atoms with E-state index in [4.69, 9.17) is 0 Å². The third-order valence-electron chi connectivity index (χ3n) is 2.72. The third-order valence-corrected chi connectivity index (χ3v) is 2.72. The van der Waals surface area contributed by atoms with Crippen LogP contribution in [-0.2, 0) is 0 Å². The van der Waals surface area contributed by atoms with Crippen LogP contribution in [-0.4, -0.2) is 28.5 Å². The number of likely N-dealkylation sites (tertiary alicyclic amines) is 1. The molecule has 3 heteroatoms. The van der Waals surface area contributed by atoms with Gasteiger partial charge in [-0.1, -0.05) is 6.42 Å². The number of nitrogens with zero attached hydrogens (tertiary/aromatic N) is 3. The van der Waals surface area contributed by atoms with Crippen molar-refractivity contribution in [1.82, 2.24) is 14.9 Å².